The summed E-state index contributed by atoms with van der Waals surface area (Å²) in [5.74, 6) is 0.823. The first-order chi connectivity index (χ1) is 8.33. The van der Waals surface area contributed by atoms with Crippen molar-refractivity contribution in [1.29, 1.82) is 0 Å². The lowest BCUT2D eigenvalue weighted by Gasteiger charge is -1.98. The van der Waals surface area contributed by atoms with Crippen molar-refractivity contribution < 1.29 is 0 Å². The first kappa shape index (κ1) is 10.2. The van der Waals surface area contributed by atoms with Gasteiger partial charge in [-0.3, -0.25) is 0 Å². The Balaban J connectivity index is 1.99. The molecule has 1 N–H and O–H groups in total. The van der Waals surface area contributed by atoms with E-state index in [1.807, 2.05) is 18.2 Å². The van der Waals surface area contributed by atoms with Crippen LogP contribution in [-0.2, 0) is 0 Å². The zero-order valence-corrected chi connectivity index (χ0v) is 10.2. The second-order valence-electron chi connectivity index (χ2n) is 3.78. The summed E-state index contributed by atoms with van der Waals surface area (Å²) >= 11 is 1.64. The molecule has 0 aliphatic rings. The number of hydrogen-bond acceptors (Lipinski definition) is 4. The third kappa shape index (κ3) is 1.99. The molecule has 0 fully saturated rings. The van der Waals surface area contributed by atoms with Crippen molar-refractivity contribution in [2.75, 3.05) is 5.32 Å². The van der Waals surface area contributed by atoms with Crippen molar-refractivity contribution in [3.8, 4) is 0 Å². The molecule has 0 radical (unpaired) electrons. The first-order valence-electron chi connectivity index (χ1n) is 5.37. The largest absolute Gasteiger partial charge is 0.316 e. The quantitative estimate of drug-likeness (QED) is 0.742. The maximum Gasteiger partial charge on any atom is 0.189 e. The zero-order valence-electron chi connectivity index (χ0n) is 9.34. The van der Waals surface area contributed by atoms with Crippen molar-refractivity contribution in [2.24, 2.45) is 0 Å². The van der Waals surface area contributed by atoms with Crippen LogP contribution in [0.4, 0.5) is 10.9 Å². The molecule has 3 rings (SSSR count). The van der Waals surface area contributed by atoms with Gasteiger partial charge in [0.15, 0.2) is 5.13 Å². The molecular formula is C13H11N3S. The van der Waals surface area contributed by atoms with Crippen LogP contribution < -0.4 is 5.32 Å². The van der Waals surface area contributed by atoms with Crippen molar-refractivity contribution in [1.82, 2.24) is 9.97 Å². The Morgan fingerprint density at radius 1 is 1.12 bits per heavy atom. The van der Waals surface area contributed by atoms with Crippen LogP contribution in [0, 0.1) is 6.92 Å². The van der Waals surface area contributed by atoms with Gasteiger partial charge in [-0.25, -0.2) is 9.97 Å². The lowest BCUT2D eigenvalue weighted by molar-refractivity contribution is 1.29. The third-order valence-corrected chi connectivity index (χ3v) is 3.46. The van der Waals surface area contributed by atoms with Crippen molar-refractivity contribution in [3.05, 3.63) is 48.2 Å². The Bertz CT molecular complexity index is 646. The van der Waals surface area contributed by atoms with E-state index in [2.05, 4.69) is 40.4 Å². The fourth-order valence-corrected chi connectivity index (χ4v) is 2.64. The molecule has 4 heteroatoms. The topological polar surface area (TPSA) is 37.8 Å². The van der Waals surface area contributed by atoms with Gasteiger partial charge in [0.2, 0.25) is 0 Å². The van der Waals surface area contributed by atoms with E-state index in [0.717, 1.165) is 16.5 Å². The number of thiazole rings is 1. The van der Waals surface area contributed by atoms with Crippen LogP contribution in [0.5, 0.6) is 0 Å². The minimum Gasteiger partial charge on any atom is -0.316 e. The number of aromatic nitrogens is 2. The molecule has 0 unspecified atom stereocenters. The second kappa shape index (κ2) is 4.14. The van der Waals surface area contributed by atoms with E-state index in [4.69, 9.17) is 0 Å². The Hall–Kier alpha value is -1.94. The van der Waals surface area contributed by atoms with Gasteiger partial charge in [0.1, 0.15) is 5.82 Å². The van der Waals surface area contributed by atoms with Crippen LogP contribution in [0.25, 0.3) is 10.2 Å². The van der Waals surface area contributed by atoms with Gasteiger partial charge in [0.25, 0.3) is 0 Å². The van der Waals surface area contributed by atoms with Crippen LogP contribution in [0.1, 0.15) is 5.56 Å². The van der Waals surface area contributed by atoms with E-state index in [9.17, 15) is 0 Å². The summed E-state index contributed by atoms with van der Waals surface area (Å²) in [6.07, 6.45) is 1.76. The van der Waals surface area contributed by atoms with Crippen molar-refractivity contribution in [2.45, 2.75) is 6.92 Å². The molecule has 2 heterocycles. The minimum absolute atomic E-state index is 0.823. The molecule has 0 aliphatic heterocycles. The Morgan fingerprint density at radius 2 is 2.06 bits per heavy atom. The highest BCUT2D eigenvalue weighted by Gasteiger charge is 2.05. The fraction of sp³-hybridized carbons (Fsp3) is 0.0769. The SMILES string of the molecule is Cc1cccc2sc(Nc3ccccn3)nc12. The number of anilines is 2. The summed E-state index contributed by atoms with van der Waals surface area (Å²) in [5, 5.41) is 4.10. The minimum atomic E-state index is 0.823. The van der Waals surface area contributed by atoms with E-state index in [-0.39, 0.29) is 0 Å². The van der Waals surface area contributed by atoms with Gasteiger partial charge in [0.05, 0.1) is 10.2 Å². The maximum atomic E-state index is 4.57. The third-order valence-electron chi connectivity index (χ3n) is 2.52. The molecule has 1 aromatic carbocycles. The van der Waals surface area contributed by atoms with Crippen LogP contribution in [-0.4, -0.2) is 9.97 Å². The normalized spacial score (nSPS) is 10.6. The number of benzene rings is 1. The van der Waals surface area contributed by atoms with E-state index in [0.29, 0.717) is 0 Å². The van der Waals surface area contributed by atoms with Gasteiger partial charge in [0, 0.05) is 6.20 Å². The fourth-order valence-electron chi connectivity index (χ4n) is 1.69. The molecular weight excluding hydrogens is 230 g/mol. The molecule has 0 aliphatic carbocycles. The Kier molecular flexibility index (Phi) is 2.49. The smallest absolute Gasteiger partial charge is 0.189 e. The molecule has 3 nitrogen and oxygen atoms in total. The molecule has 3 aromatic rings. The van der Waals surface area contributed by atoms with Gasteiger partial charge < -0.3 is 5.32 Å². The van der Waals surface area contributed by atoms with E-state index < -0.39 is 0 Å². The van der Waals surface area contributed by atoms with E-state index in [1.54, 1.807) is 17.5 Å². The zero-order chi connectivity index (χ0) is 11.7. The average Bonchev–Trinajstić information content (AvgIpc) is 2.74. The average molecular weight is 241 g/mol. The van der Waals surface area contributed by atoms with Crippen LogP contribution in [0.3, 0.4) is 0 Å². The van der Waals surface area contributed by atoms with Crippen LogP contribution in [0.15, 0.2) is 42.6 Å². The molecule has 0 amide bonds. The standard InChI is InChI=1S/C13H11N3S/c1-9-5-4-6-10-12(9)16-13(17-10)15-11-7-2-3-8-14-11/h2-8H,1H3,(H,14,15,16). The summed E-state index contributed by atoms with van der Waals surface area (Å²) < 4.78 is 1.20. The van der Waals surface area contributed by atoms with Gasteiger partial charge in [-0.1, -0.05) is 29.5 Å². The Labute approximate surface area is 103 Å². The predicted octanol–water partition coefficient (Wildman–Crippen LogP) is 3.74. The summed E-state index contributed by atoms with van der Waals surface area (Å²) in [6, 6.07) is 12.0. The summed E-state index contributed by atoms with van der Waals surface area (Å²) in [4.78, 5) is 8.80. The number of hydrogen-bond donors (Lipinski definition) is 1. The summed E-state index contributed by atoms with van der Waals surface area (Å²) in [7, 11) is 0. The number of rotatable bonds is 2. The lowest BCUT2D eigenvalue weighted by Crippen LogP contribution is -1.91. The molecule has 2 aromatic heterocycles. The molecule has 17 heavy (non-hydrogen) atoms. The number of pyridine rings is 1. The van der Waals surface area contributed by atoms with Gasteiger partial charge in [-0.2, -0.15) is 0 Å². The molecule has 0 saturated heterocycles. The monoisotopic (exact) mass is 241 g/mol. The van der Waals surface area contributed by atoms with Gasteiger partial charge in [-0.05, 0) is 30.7 Å². The maximum absolute atomic E-state index is 4.57. The number of nitrogens with one attached hydrogen (secondary N) is 1. The molecule has 0 atom stereocenters. The van der Waals surface area contributed by atoms with E-state index in [1.165, 1.54) is 10.3 Å². The van der Waals surface area contributed by atoms with Gasteiger partial charge in [-0.15, -0.1) is 0 Å². The number of nitrogens with zero attached hydrogens (tertiary/aromatic N) is 2. The molecule has 0 bridgehead atoms. The predicted molar refractivity (Wildman–Crippen MR) is 71.9 cm³/mol. The second-order valence-corrected chi connectivity index (χ2v) is 4.81. The number of aryl methyl sites for hydroxylation is 1. The first-order valence-corrected chi connectivity index (χ1v) is 6.19. The van der Waals surface area contributed by atoms with E-state index >= 15 is 0 Å². The summed E-state index contributed by atoms with van der Waals surface area (Å²) in [6.45, 7) is 2.08. The molecule has 0 saturated carbocycles. The van der Waals surface area contributed by atoms with Crippen molar-refractivity contribution >= 4 is 32.5 Å². The Morgan fingerprint density at radius 3 is 2.82 bits per heavy atom. The number of fused-ring (bicyclic) bond motifs is 1. The highest BCUT2D eigenvalue weighted by atomic mass is 32.1. The molecule has 84 valence electrons. The van der Waals surface area contributed by atoms with Gasteiger partial charge >= 0.3 is 0 Å². The summed E-state index contributed by atoms with van der Waals surface area (Å²) in [5.41, 5.74) is 2.27. The highest BCUT2D eigenvalue weighted by molar-refractivity contribution is 7.22. The number of para-hydroxylation sites is 1. The highest BCUT2D eigenvalue weighted by Crippen LogP contribution is 2.29. The lowest BCUT2D eigenvalue weighted by atomic mass is 10.2. The van der Waals surface area contributed by atoms with Crippen LogP contribution >= 0.6 is 11.3 Å². The molecule has 0 spiro atoms. The van der Waals surface area contributed by atoms with Crippen molar-refractivity contribution in [3.63, 3.8) is 0 Å². The van der Waals surface area contributed by atoms with Crippen LogP contribution in [0.2, 0.25) is 0 Å².